The lowest BCUT2D eigenvalue weighted by atomic mass is 10.2. The van der Waals surface area contributed by atoms with Crippen LogP contribution in [0.25, 0.3) is 0 Å². The summed E-state index contributed by atoms with van der Waals surface area (Å²) < 4.78 is 38.1. The van der Waals surface area contributed by atoms with Crippen molar-refractivity contribution in [1.29, 1.82) is 0 Å². The van der Waals surface area contributed by atoms with Gasteiger partial charge in [-0.25, -0.2) is 0 Å². The van der Waals surface area contributed by atoms with Crippen molar-refractivity contribution < 1.29 is 18.0 Å². The van der Waals surface area contributed by atoms with Crippen LogP contribution in [0.2, 0.25) is 0 Å². The lowest BCUT2D eigenvalue weighted by Gasteiger charge is -2.09. The zero-order valence-electron chi connectivity index (χ0n) is 12.3. The first kappa shape index (κ1) is 17.8. The Labute approximate surface area is 138 Å². The van der Waals surface area contributed by atoms with E-state index in [1.165, 1.54) is 6.92 Å². The molecule has 1 amide bonds. The predicted octanol–water partition coefficient (Wildman–Crippen LogP) is 1.41. The average Bonchev–Trinajstić information content (AvgIpc) is 2.51. The van der Waals surface area contributed by atoms with Crippen LogP contribution in [-0.4, -0.2) is 26.5 Å². The van der Waals surface area contributed by atoms with Crippen LogP contribution in [-0.2, 0) is 11.0 Å². The van der Waals surface area contributed by atoms with Gasteiger partial charge in [-0.3, -0.25) is 9.59 Å². The number of carbonyl (C=O) groups is 1. The van der Waals surface area contributed by atoms with Crippen molar-refractivity contribution in [1.82, 2.24) is 14.9 Å². The molecule has 11 heteroatoms. The van der Waals surface area contributed by atoms with E-state index >= 15 is 0 Å². The number of nitrogens with two attached hydrogens (primary N) is 1. The van der Waals surface area contributed by atoms with Crippen molar-refractivity contribution in [3.8, 4) is 0 Å². The molecule has 0 saturated heterocycles. The number of thioether (sulfide) groups is 1. The maximum absolute atomic E-state index is 12.4. The number of aromatic nitrogens is 3. The Kier molecular flexibility index (Phi) is 5.12. The molecule has 0 aliphatic heterocycles. The van der Waals surface area contributed by atoms with Gasteiger partial charge in [0.15, 0.2) is 0 Å². The van der Waals surface area contributed by atoms with Gasteiger partial charge in [0.2, 0.25) is 11.1 Å². The van der Waals surface area contributed by atoms with Crippen molar-refractivity contribution >= 4 is 23.4 Å². The third kappa shape index (κ3) is 4.25. The Morgan fingerprint density at radius 3 is 2.50 bits per heavy atom. The summed E-state index contributed by atoms with van der Waals surface area (Å²) in [5.41, 5.74) is -1.00. The molecular formula is C13H12F3N5O2S. The number of halogens is 3. The van der Waals surface area contributed by atoms with Gasteiger partial charge in [-0.05, 0) is 31.2 Å². The monoisotopic (exact) mass is 359 g/mol. The van der Waals surface area contributed by atoms with E-state index in [1.807, 2.05) is 0 Å². The third-order valence-electron chi connectivity index (χ3n) is 2.85. The van der Waals surface area contributed by atoms with E-state index in [1.54, 1.807) is 0 Å². The van der Waals surface area contributed by atoms with Crippen molar-refractivity contribution in [2.75, 3.05) is 16.9 Å². The number of anilines is 1. The van der Waals surface area contributed by atoms with Gasteiger partial charge in [-0.1, -0.05) is 11.8 Å². The van der Waals surface area contributed by atoms with E-state index in [-0.39, 0.29) is 22.3 Å². The standard InChI is InChI=1S/C13H12F3N5O2S/c1-7-11(23)21(17)12(20-19-7)24-6-10(22)18-9-4-2-8(3-5-9)13(14,15)16/h2-5H,6,17H2,1H3,(H,18,22). The highest BCUT2D eigenvalue weighted by Gasteiger charge is 2.29. The molecule has 24 heavy (non-hydrogen) atoms. The predicted molar refractivity (Wildman–Crippen MR) is 82.0 cm³/mol. The van der Waals surface area contributed by atoms with Crippen molar-refractivity contribution in [3.05, 3.63) is 45.9 Å². The minimum Gasteiger partial charge on any atom is -0.334 e. The fourth-order valence-corrected chi connectivity index (χ4v) is 2.29. The second kappa shape index (κ2) is 6.91. The van der Waals surface area contributed by atoms with Crippen LogP contribution < -0.4 is 16.7 Å². The second-order valence-electron chi connectivity index (χ2n) is 4.66. The number of nitrogen functional groups attached to an aromatic ring is 1. The normalized spacial score (nSPS) is 11.3. The Balaban J connectivity index is 1.97. The number of aryl methyl sites for hydroxylation is 1. The summed E-state index contributed by atoms with van der Waals surface area (Å²) in [4.78, 5) is 23.4. The number of benzene rings is 1. The Morgan fingerprint density at radius 2 is 1.92 bits per heavy atom. The summed E-state index contributed by atoms with van der Waals surface area (Å²) in [5, 5.41) is 9.80. The molecule has 0 fully saturated rings. The van der Waals surface area contributed by atoms with Crippen LogP contribution in [0.4, 0.5) is 18.9 Å². The van der Waals surface area contributed by atoms with E-state index in [9.17, 15) is 22.8 Å². The summed E-state index contributed by atoms with van der Waals surface area (Å²) in [7, 11) is 0. The van der Waals surface area contributed by atoms with Crippen LogP contribution >= 0.6 is 11.8 Å². The molecule has 2 rings (SSSR count). The van der Waals surface area contributed by atoms with Gasteiger partial charge in [0.05, 0.1) is 11.3 Å². The first-order valence-electron chi connectivity index (χ1n) is 6.50. The van der Waals surface area contributed by atoms with E-state index in [0.29, 0.717) is 0 Å². The molecule has 1 aromatic carbocycles. The van der Waals surface area contributed by atoms with Crippen LogP contribution in [0.1, 0.15) is 11.3 Å². The number of nitrogens with zero attached hydrogens (tertiary/aromatic N) is 3. The summed E-state index contributed by atoms with van der Waals surface area (Å²) in [6.45, 7) is 1.45. The number of alkyl halides is 3. The molecule has 0 unspecified atom stereocenters. The fraction of sp³-hybridized carbons (Fsp3) is 0.231. The molecule has 0 bridgehead atoms. The van der Waals surface area contributed by atoms with Crippen molar-refractivity contribution in [3.63, 3.8) is 0 Å². The molecule has 2 aromatic rings. The molecule has 128 valence electrons. The molecule has 7 nitrogen and oxygen atoms in total. The zero-order chi connectivity index (χ0) is 17.9. The van der Waals surface area contributed by atoms with Gasteiger partial charge >= 0.3 is 6.18 Å². The van der Waals surface area contributed by atoms with Gasteiger partial charge in [0.1, 0.15) is 5.69 Å². The van der Waals surface area contributed by atoms with Crippen molar-refractivity contribution in [2.45, 2.75) is 18.3 Å². The molecule has 0 aliphatic rings. The third-order valence-corrected chi connectivity index (χ3v) is 3.79. The fourth-order valence-electron chi connectivity index (χ4n) is 1.64. The SMILES string of the molecule is Cc1nnc(SCC(=O)Nc2ccc(C(F)(F)F)cc2)n(N)c1=O. The highest BCUT2D eigenvalue weighted by molar-refractivity contribution is 7.99. The van der Waals surface area contributed by atoms with Crippen molar-refractivity contribution in [2.24, 2.45) is 0 Å². The number of hydrogen-bond acceptors (Lipinski definition) is 6. The smallest absolute Gasteiger partial charge is 0.334 e. The van der Waals surface area contributed by atoms with Gasteiger partial charge < -0.3 is 11.2 Å². The molecule has 3 N–H and O–H groups in total. The molecule has 0 saturated carbocycles. The van der Waals surface area contributed by atoms with E-state index in [2.05, 4.69) is 15.5 Å². The van der Waals surface area contributed by atoms with E-state index in [0.717, 1.165) is 40.7 Å². The number of rotatable bonds is 4. The quantitative estimate of drug-likeness (QED) is 0.632. The van der Waals surface area contributed by atoms with E-state index < -0.39 is 23.2 Å². The van der Waals surface area contributed by atoms with Gasteiger partial charge in [-0.15, -0.1) is 10.2 Å². The molecule has 0 aliphatic carbocycles. The highest BCUT2D eigenvalue weighted by atomic mass is 32.2. The molecule has 0 radical (unpaired) electrons. The first-order valence-corrected chi connectivity index (χ1v) is 7.48. The summed E-state index contributed by atoms with van der Waals surface area (Å²) in [6, 6.07) is 4.03. The Hall–Kier alpha value is -2.56. The maximum Gasteiger partial charge on any atom is 0.416 e. The van der Waals surface area contributed by atoms with E-state index in [4.69, 9.17) is 5.84 Å². The molecule has 1 aromatic heterocycles. The average molecular weight is 359 g/mol. The topological polar surface area (TPSA) is 103 Å². The maximum atomic E-state index is 12.4. The summed E-state index contributed by atoms with van der Waals surface area (Å²) in [5.74, 6) is 4.89. The summed E-state index contributed by atoms with van der Waals surface area (Å²) in [6.07, 6.45) is -4.44. The van der Waals surface area contributed by atoms with Crippen LogP contribution in [0, 0.1) is 6.92 Å². The number of nitrogens with one attached hydrogen (secondary N) is 1. The highest BCUT2D eigenvalue weighted by Crippen LogP contribution is 2.29. The number of carbonyl (C=O) groups excluding carboxylic acids is 1. The Morgan fingerprint density at radius 1 is 1.29 bits per heavy atom. The molecule has 0 atom stereocenters. The lowest BCUT2D eigenvalue weighted by molar-refractivity contribution is -0.137. The molecule has 1 heterocycles. The van der Waals surface area contributed by atoms with Gasteiger partial charge in [0, 0.05) is 5.69 Å². The van der Waals surface area contributed by atoms with Crippen LogP contribution in [0.3, 0.4) is 0 Å². The second-order valence-corrected chi connectivity index (χ2v) is 5.60. The summed E-state index contributed by atoms with van der Waals surface area (Å²) >= 11 is 0.877. The zero-order valence-corrected chi connectivity index (χ0v) is 13.1. The Bertz CT molecular complexity index is 805. The molecular weight excluding hydrogens is 347 g/mol. The van der Waals surface area contributed by atoms with Crippen LogP contribution in [0.15, 0.2) is 34.2 Å². The first-order chi connectivity index (χ1) is 11.2. The number of amides is 1. The van der Waals surface area contributed by atoms with Gasteiger partial charge in [0.25, 0.3) is 5.56 Å². The minimum absolute atomic E-state index is 0.0492. The molecule has 0 spiro atoms. The van der Waals surface area contributed by atoms with Gasteiger partial charge in [-0.2, -0.15) is 17.8 Å². The minimum atomic E-state index is -4.44. The van der Waals surface area contributed by atoms with Crippen LogP contribution in [0.5, 0.6) is 0 Å². The largest absolute Gasteiger partial charge is 0.416 e. The number of hydrogen-bond donors (Lipinski definition) is 2. The lowest BCUT2D eigenvalue weighted by Crippen LogP contribution is -2.32.